The molecule has 12 heavy (non-hydrogen) atoms. The standard InChI is InChI=1S/C10H18N2/c1-2-3-4-5-6-7-10-11-8-9-12-10/h6-12H,2-5H2,1H3/b7-6+. The van der Waals surface area contributed by atoms with Crippen molar-refractivity contribution < 1.29 is 0 Å². The summed E-state index contributed by atoms with van der Waals surface area (Å²) in [6.07, 6.45) is 13.8. The van der Waals surface area contributed by atoms with Gasteiger partial charge in [-0.05, 0) is 18.9 Å². The maximum atomic E-state index is 3.17. The Kier molecular flexibility index (Phi) is 4.35. The molecule has 1 aliphatic heterocycles. The van der Waals surface area contributed by atoms with Crippen LogP contribution in [0.25, 0.3) is 0 Å². The molecule has 2 N–H and O–H groups in total. The second-order valence-electron chi connectivity index (χ2n) is 3.07. The van der Waals surface area contributed by atoms with Gasteiger partial charge in [-0.2, -0.15) is 0 Å². The van der Waals surface area contributed by atoms with E-state index in [9.17, 15) is 0 Å². The lowest BCUT2D eigenvalue weighted by Gasteiger charge is -2.04. The SMILES string of the molecule is CCCCC/C=C/C1NC=CN1. The van der Waals surface area contributed by atoms with Crippen LogP contribution >= 0.6 is 0 Å². The molecule has 0 saturated heterocycles. The second kappa shape index (κ2) is 5.70. The third-order valence-corrected chi connectivity index (χ3v) is 1.94. The van der Waals surface area contributed by atoms with Crippen molar-refractivity contribution in [1.29, 1.82) is 0 Å². The Bertz CT molecular complexity index is 153. The summed E-state index contributed by atoms with van der Waals surface area (Å²) in [7, 11) is 0. The van der Waals surface area contributed by atoms with Crippen LogP contribution in [-0.4, -0.2) is 6.17 Å². The third kappa shape index (κ3) is 3.46. The molecule has 68 valence electrons. The zero-order chi connectivity index (χ0) is 8.65. The van der Waals surface area contributed by atoms with Crippen LogP contribution in [0.5, 0.6) is 0 Å². The molecule has 0 aliphatic carbocycles. The smallest absolute Gasteiger partial charge is 0.115 e. The maximum absolute atomic E-state index is 3.17. The normalized spacial score (nSPS) is 16.8. The van der Waals surface area contributed by atoms with Gasteiger partial charge in [-0.15, -0.1) is 0 Å². The van der Waals surface area contributed by atoms with Gasteiger partial charge in [0.05, 0.1) is 0 Å². The van der Waals surface area contributed by atoms with E-state index < -0.39 is 0 Å². The minimum Gasteiger partial charge on any atom is -0.367 e. The molecule has 0 saturated carbocycles. The largest absolute Gasteiger partial charge is 0.367 e. The molecule has 0 unspecified atom stereocenters. The van der Waals surface area contributed by atoms with Crippen molar-refractivity contribution in [2.24, 2.45) is 0 Å². The topological polar surface area (TPSA) is 24.1 Å². The number of allylic oxidation sites excluding steroid dienone is 1. The van der Waals surface area contributed by atoms with Gasteiger partial charge in [-0.3, -0.25) is 0 Å². The first-order chi connectivity index (χ1) is 5.93. The molecule has 0 aromatic heterocycles. The molecular formula is C10H18N2. The van der Waals surface area contributed by atoms with Crippen LogP contribution in [0, 0.1) is 0 Å². The van der Waals surface area contributed by atoms with Crippen molar-refractivity contribution in [1.82, 2.24) is 10.6 Å². The Morgan fingerprint density at radius 2 is 2.00 bits per heavy atom. The average Bonchev–Trinajstić information content (AvgIpc) is 2.57. The number of hydrogen-bond donors (Lipinski definition) is 2. The van der Waals surface area contributed by atoms with E-state index in [4.69, 9.17) is 0 Å². The van der Waals surface area contributed by atoms with Crippen molar-refractivity contribution in [3.63, 3.8) is 0 Å². The van der Waals surface area contributed by atoms with E-state index in [-0.39, 0.29) is 0 Å². The molecule has 0 atom stereocenters. The monoisotopic (exact) mass is 166 g/mol. The lowest BCUT2D eigenvalue weighted by molar-refractivity contribution is 0.678. The first-order valence-electron chi connectivity index (χ1n) is 4.77. The highest BCUT2D eigenvalue weighted by molar-refractivity contribution is 5.01. The van der Waals surface area contributed by atoms with E-state index in [2.05, 4.69) is 29.7 Å². The minimum atomic E-state index is 0.326. The molecule has 0 bridgehead atoms. The number of nitrogens with one attached hydrogen (secondary N) is 2. The molecule has 1 rings (SSSR count). The summed E-state index contributed by atoms with van der Waals surface area (Å²) in [6, 6.07) is 0. The predicted molar refractivity (Wildman–Crippen MR) is 52.5 cm³/mol. The highest BCUT2D eigenvalue weighted by Crippen LogP contribution is 2.00. The highest BCUT2D eigenvalue weighted by atomic mass is 15.1. The van der Waals surface area contributed by atoms with Gasteiger partial charge in [0.1, 0.15) is 6.17 Å². The van der Waals surface area contributed by atoms with Gasteiger partial charge in [0.15, 0.2) is 0 Å². The second-order valence-corrected chi connectivity index (χ2v) is 3.07. The molecule has 0 radical (unpaired) electrons. The Morgan fingerprint density at radius 3 is 2.67 bits per heavy atom. The molecule has 1 heterocycles. The summed E-state index contributed by atoms with van der Waals surface area (Å²) >= 11 is 0. The fraction of sp³-hybridized carbons (Fsp3) is 0.600. The molecule has 2 nitrogen and oxygen atoms in total. The number of hydrogen-bond acceptors (Lipinski definition) is 2. The van der Waals surface area contributed by atoms with Crippen molar-refractivity contribution in [2.45, 2.75) is 38.8 Å². The van der Waals surface area contributed by atoms with Gasteiger partial charge in [0.25, 0.3) is 0 Å². The Labute approximate surface area is 74.7 Å². The number of rotatable bonds is 5. The van der Waals surface area contributed by atoms with Crippen molar-refractivity contribution in [2.75, 3.05) is 0 Å². The maximum Gasteiger partial charge on any atom is 0.115 e. The molecule has 2 heteroatoms. The summed E-state index contributed by atoms with van der Waals surface area (Å²) in [5.74, 6) is 0. The van der Waals surface area contributed by atoms with Gasteiger partial charge in [0, 0.05) is 12.4 Å². The van der Waals surface area contributed by atoms with Gasteiger partial charge in [0.2, 0.25) is 0 Å². The van der Waals surface area contributed by atoms with Crippen LogP contribution in [0.3, 0.4) is 0 Å². The van der Waals surface area contributed by atoms with E-state index in [0.29, 0.717) is 6.17 Å². The van der Waals surface area contributed by atoms with E-state index >= 15 is 0 Å². The van der Waals surface area contributed by atoms with Crippen molar-refractivity contribution >= 4 is 0 Å². The van der Waals surface area contributed by atoms with Crippen LogP contribution in [-0.2, 0) is 0 Å². The zero-order valence-corrected chi connectivity index (χ0v) is 7.72. The fourth-order valence-electron chi connectivity index (χ4n) is 1.21. The molecule has 0 aromatic rings. The van der Waals surface area contributed by atoms with Crippen molar-refractivity contribution in [3.8, 4) is 0 Å². The first-order valence-corrected chi connectivity index (χ1v) is 4.77. The molecule has 0 amide bonds. The van der Waals surface area contributed by atoms with Crippen LogP contribution in [0.2, 0.25) is 0 Å². The van der Waals surface area contributed by atoms with Crippen LogP contribution in [0.1, 0.15) is 32.6 Å². The van der Waals surface area contributed by atoms with Gasteiger partial charge >= 0.3 is 0 Å². The van der Waals surface area contributed by atoms with E-state index in [1.165, 1.54) is 25.7 Å². The van der Waals surface area contributed by atoms with Crippen LogP contribution < -0.4 is 10.6 Å². The van der Waals surface area contributed by atoms with Gasteiger partial charge < -0.3 is 10.6 Å². The first kappa shape index (κ1) is 9.17. The summed E-state index contributed by atoms with van der Waals surface area (Å²) in [5, 5.41) is 6.34. The lowest BCUT2D eigenvalue weighted by Crippen LogP contribution is -2.27. The summed E-state index contributed by atoms with van der Waals surface area (Å²) in [5.41, 5.74) is 0. The van der Waals surface area contributed by atoms with Gasteiger partial charge in [-0.25, -0.2) is 0 Å². The molecule has 0 aromatic carbocycles. The Balaban J connectivity index is 1.98. The molecule has 0 fully saturated rings. The quantitative estimate of drug-likeness (QED) is 0.483. The van der Waals surface area contributed by atoms with E-state index in [0.717, 1.165) is 0 Å². The van der Waals surface area contributed by atoms with Crippen LogP contribution in [0.15, 0.2) is 24.6 Å². The minimum absolute atomic E-state index is 0.326. The van der Waals surface area contributed by atoms with Crippen molar-refractivity contribution in [3.05, 3.63) is 24.6 Å². The molecule has 1 aliphatic rings. The van der Waals surface area contributed by atoms with E-state index in [1.807, 2.05) is 12.4 Å². The van der Waals surface area contributed by atoms with Gasteiger partial charge in [-0.1, -0.05) is 25.8 Å². The number of unbranched alkanes of at least 4 members (excludes halogenated alkanes) is 3. The van der Waals surface area contributed by atoms with Crippen LogP contribution in [0.4, 0.5) is 0 Å². The third-order valence-electron chi connectivity index (χ3n) is 1.94. The average molecular weight is 166 g/mol. The summed E-state index contributed by atoms with van der Waals surface area (Å²) in [4.78, 5) is 0. The lowest BCUT2D eigenvalue weighted by atomic mass is 10.2. The zero-order valence-electron chi connectivity index (χ0n) is 7.72. The van der Waals surface area contributed by atoms with E-state index in [1.54, 1.807) is 0 Å². The summed E-state index contributed by atoms with van der Waals surface area (Å²) < 4.78 is 0. The Hall–Kier alpha value is -0.920. The summed E-state index contributed by atoms with van der Waals surface area (Å²) in [6.45, 7) is 2.23. The fourth-order valence-corrected chi connectivity index (χ4v) is 1.21. The predicted octanol–water partition coefficient (Wildman–Crippen LogP) is 2.11. The molecule has 0 spiro atoms. The molecular weight excluding hydrogens is 148 g/mol. The Morgan fingerprint density at radius 1 is 1.25 bits per heavy atom. The highest BCUT2D eigenvalue weighted by Gasteiger charge is 2.00.